The van der Waals surface area contributed by atoms with Gasteiger partial charge in [-0.15, -0.1) is 0 Å². The highest BCUT2D eigenvalue weighted by atomic mass is 16.4. The van der Waals surface area contributed by atoms with Crippen LogP contribution in [0.15, 0.2) is 24.3 Å². The Morgan fingerprint density at radius 1 is 1.25 bits per heavy atom. The number of rotatable bonds is 4. The van der Waals surface area contributed by atoms with Crippen molar-refractivity contribution in [1.29, 1.82) is 0 Å². The Morgan fingerprint density at radius 2 is 2.00 bits per heavy atom. The number of amides is 1. The van der Waals surface area contributed by atoms with E-state index in [4.69, 9.17) is 5.11 Å². The average Bonchev–Trinajstić information content (AvgIpc) is 3.03. The summed E-state index contributed by atoms with van der Waals surface area (Å²) >= 11 is 0. The first-order valence-corrected chi connectivity index (χ1v) is 6.81. The van der Waals surface area contributed by atoms with Crippen molar-refractivity contribution in [3.05, 3.63) is 30.0 Å². The van der Waals surface area contributed by atoms with Crippen LogP contribution in [0.1, 0.15) is 25.0 Å². The van der Waals surface area contributed by atoms with Crippen molar-refractivity contribution in [2.45, 2.75) is 19.3 Å². The van der Waals surface area contributed by atoms with Gasteiger partial charge in [-0.25, -0.2) is 9.78 Å². The summed E-state index contributed by atoms with van der Waals surface area (Å²) in [5.41, 5.74) is 0.513. The third-order valence-electron chi connectivity index (χ3n) is 4.03. The number of fused-ring (bicyclic) bond motifs is 1. The highest BCUT2D eigenvalue weighted by Gasteiger charge is 2.47. The number of anilines is 1. The SMILES string of the molecule is O=C(O)/C=C/c1cccc(NC(=O)C2CC3CC3C2)n1. The fourth-order valence-electron chi connectivity index (χ4n) is 2.93. The Balaban J connectivity index is 1.63. The highest BCUT2D eigenvalue weighted by Crippen LogP contribution is 2.54. The molecule has 1 aromatic rings. The lowest BCUT2D eigenvalue weighted by Gasteiger charge is -2.11. The van der Waals surface area contributed by atoms with Crippen LogP contribution in [-0.2, 0) is 9.59 Å². The molecule has 2 aliphatic carbocycles. The zero-order chi connectivity index (χ0) is 14.1. The smallest absolute Gasteiger partial charge is 0.328 e. The third-order valence-corrected chi connectivity index (χ3v) is 4.03. The lowest BCUT2D eigenvalue weighted by atomic mass is 10.0. The van der Waals surface area contributed by atoms with Gasteiger partial charge in [-0.05, 0) is 49.3 Å². The Bertz CT molecular complexity index is 572. The number of carboxylic acid groups (broad SMARTS) is 1. The van der Waals surface area contributed by atoms with E-state index < -0.39 is 5.97 Å². The second-order valence-corrected chi connectivity index (χ2v) is 5.53. The Hall–Kier alpha value is -2.17. The van der Waals surface area contributed by atoms with Gasteiger partial charge in [-0.2, -0.15) is 0 Å². The van der Waals surface area contributed by atoms with E-state index in [2.05, 4.69) is 10.3 Å². The van der Waals surface area contributed by atoms with Crippen LogP contribution in [-0.4, -0.2) is 22.0 Å². The maximum Gasteiger partial charge on any atom is 0.328 e. The van der Waals surface area contributed by atoms with E-state index in [1.54, 1.807) is 18.2 Å². The first-order valence-electron chi connectivity index (χ1n) is 6.81. The molecule has 1 heterocycles. The number of pyridine rings is 1. The van der Waals surface area contributed by atoms with E-state index in [-0.39, 0.29) is 11.8 Å². The van der Waals surface area contributed by atoms with Crippen molar-refractivity contribution in [2.75, 3.05) is 5.32 Å². The van der Waals surface area contributed by atoms with E-state index >= 15 is 0 Å². The van der Waals surface area contributed by atoms with Gasteiger partial charge in [0.25, 0.3) is 0 Å². The maximum atomic E-state index is 12.1. The summed E-state index contributed by atoms with van der Waals surface area (Å²) in [5, 5.41) is 11.4. The number of carbonyl (C=O) groups excluding carboxylic acids is 1. The van der Waals surface area contributed by atoms with Crippen molar-refractivity contribution in [2.24, 2.45) is 17.8 Å². The predicted octanol–water partition coefficient (Wildman–Crippen LogP) is 2.16. The minimum absolute atomic E-state index is 0.0315. The molecule has 5 nitrogen and oxygen atoms in total. The van der Waals surface area contributed by atoms with Crippen molar-refractivity contribution in [3.8, 4) is 0 Å². The molecule has 2 saturated carbocycles. The quantitative estimate of drug-likeness (QED) is 0.823. The molecule has 0 spiro atoms. The molecule has 0 saturated heterocycles. The molecular weight excluding hydrogens is 256 g/mol. The van der Waals surface area contributed by atoms with Crippen LogP contribution >= 0.6 is 0 Å². The van der Waals surface area contributed by atoms with Gasteiger partial charge in [0.2, 0.25) is 5.91 Å². The molecule has 0 aliphatic heterocycles. The molecule has 1 aromatic heterocycles. The second kappa shape index (κ2) is 5.07. The van der Waals surface area contributed by atoms with E-state index in [1.165, 1.54) is 12.5 Å². The van der Waals surface area contributed by atoms with Crippen molar-refractivity contribution < 1.29 is 14.7 Å². The lowest BCUT2D eigenvalue weighted by Crippen LogP contribution is -2.22. The number of nitrogens with zero attached hydrogens (tertiary/aromatic N) is 1. The van der Waals surface area contributed by atoms with Gasteiger partial charge < -0.3 is 10.4 Å². The Labute approximate surface area is 116 Å². The van der Waals surface area contributed by atoms with E-state index in [9.17, 15) is 9.59 Å². The fourth-order valence-corrected chi connectivity index (χ4v) is 2.93. The van der Waals surface area contributed by atoms with Crippen LogP contribution in [0.5, 0.6) is 0 Å². The van der Waals surface area contributed by atoms with Gasteiger partial charge in [0.1, 0.15) is 5.82 Å². The molecule has 20 heavy (non-hydrogen) atoms. The van der Waals surface area contributed by atoms with Crippen molar-refractivity contribution in [3.63, 3.8) is 0 Å². The second-order valence-electron chi connectivity index (χ2n) is 5.53. The highest BCUT2D eigenvalue weighted by molar-refractivity contribution is 5.92. The number of nitrogens with one attached hydrogen (secondary N) is 1. The number of hydrogen-bond donors (Lipinski definition) is 2. The minimum atomic E-state index is -1.02. The third kappa shape index (κ3) is 2.87. The molecule has 3 rings (SSSR count). The zero-order valence-corrected chi connectivity index (χ0v) is 11.0. The largest absolute Gasteiger partial charge is 0.478 e. The van der Waals surface area contributed by atoms with Crippen LogP contribution in [0.3, 0.4) is 0 Å². The number of aromatic nitrogens is 1. The van der Waals surface area contributed by atoms with E-state index in [1.807, 2.05) is 0 Å². The van der Waals surface area contributed by atoms with Gasteiger partial charge in [0, 0.05) is 12.0 Å². The number of aliphatic carboxylic acids is 1. The van der Waals surface area contributed by atoms with Crippen molar-refractivity contribution >= 4 is 23.8 Å². The molecule has 2 N–H and O–H groups in total. The summed E-state index contributed by atoms with van der Waals surface area (Å²) < 4.78 is 0. The van der Waals surface area contributed by atoms with Crippen LogP contribution in [0.4, 0.5) is 5.82 Å². The summed E-state index contributed by atoms with van der Waals surface area (Å²) in [7, 11) is 0. The van der Waals surface area contributed by atoms with Crippen LogP contribution in [0.2, 0.25) is 0 Å². The van der Waals surface area contributed by atoms with Gasteiger partial charge in [0.05, 0.1) is 5.69 Å². The maximum absolute atomic E-state index is 12.1. The Kier molecular flexibility index (Phi) is 3.26. The molecule has 2 unspecified atom stereocenters. The van der Waals surface area contributed by atoms with Gasteiger partial charge >= 0.3 is 5.97 Å². The van der Waals surface area contributed by atoms with E-state index in [0.29, 0.717) is 11.5 Å². The van der Waals surface area contributed by atoms with Gasteiger partial charge in [-0.1, -0.05) is 6.07 Å². The first kappa shape index (κ1) is 12.8. The molecular formula is C15H16N2O3. The molecule has 1 amide bonds. The minimum Gasteiger partial charge on any atom is -0.478 e. The van der Waals surface area contributed by atoms with Crippen LogP contribution in [0, 0.1) is 17.8 Å². The molecule has 2 atom stereocenters. The molecule has 5 heteroatoms. The normalized spacial score (nSPS) is 27.3. The molecule has 0 aromatic carbocycles. The number of carbonyl (C=O) groups is 2. The number of hydrogen-bond acceptors (Lipinski definition) is 3. The molecule has 0 radical (unpaired) electrons. The predicted molar refractivity (Wildman–Crippen MR) is 73.9 cm³/mol. The molecule has 104 valence electrons. The Morgan fingerprint density at radius 3 is 2.70 bits per heavy atom. The molecule has 2 aliphatic rings. The summed E-state index contributed by atoms with van der Waals surface area (Å²) in [4.78, 5) is 26.8. The molecule has 0 bridgehead atoms. The van der Waals surface area contributed by atoms with Gasteiger partial charge in [0.15, 0.2) is 0 Å². The monoisotopic (exact) mass is 272 g/mol. The van der Waals surface area contributed by atoms with Crippen LogP contribution < -0.4 is 5.32 Å². The summed E-state index contributed by atoms with van der Waals surface area (Å²) in [6.45, 7) is 0. The van der Waals surface area contributed by atoms with Gasteiger partial charge in [-0.3, -0.25) is 4.79 Å². The standard InChI is InChI=1S/C15H16N2O3/c18-14(19)5-4-12-2-1-3-13(16-12)17-15(20)11-7-9-6-10(9)8-11/h1-5,9-11H,6-8H2,(H,18,19)(H,16,17,20)/b5-4+. The topological polar surface area (TPSA) is 79.3 Å². The number of carboxylic acids is 1. The summed E-state index contributed by atoms with van der Waals surface area (Å²) in [6, 6.07) is 5.15. The summed E-state index contributed by atoms with van der Waals surface area (Å²) in [6.07, 6.45) is 5.71. The lowest BCUT2D eigenvalue weighted by molar-refractivity contribution is -0.131. The fraction of sp³-hybridized carbons (Fsp3) is 0.400. The van der Waals surface area contributed by atoms with Crippen molar-refractivity contribution in [1.82, 2.24) is 4.98 Å². The van der Waals surface area contributed by atoms with Crippen LogP contribution in [0.25, 0.3) is 6.08 Å². The summed E-state index contributed by atoms with van der Waals surface area (Å²) in [5.74, 6) is 1.13. The first-order chi connectivity index (χ1) is 9.61. The zero-order valence-electron chi connectivity index (χ0n) is 11.0. The molecule has 2 fully saturated rings. The van der Waals surface area contributed by atoms with E-state index in [0.717, 1.165) is 30.8 Å². The average molecular weight is 272 g/mol.